The predicted octanol–water partition coefficient (Wildman–Crippen LogP) is 0.430. The molecular formula is C9H10O5S. The Morgan fingerprint density at radius 1 is 1.47 bits per heavy atom. The number of hydrogen-bond donors (Lipinski definition) is 3. The predicted molar refractivity (Wildman–Crippen MR) is 52.9 cm³/mol. The van der Waals surface area contributed by atoms with Crippen molar-refractivity contribution in [3.63, 3.8) is 0 Å². The maximum absolute atomic E-state index is 10.4. The molecule has 0 aliphatic carbocycles. The summed E-state index contributed by atoms with van der Waals surface area (Å²) in [6.07, 6.45) is -2.53. The number of carboxylic acids is 1. The maximum atomic E-state index is 10.4. The number of aliphatic hydroxyl groups excluding tert-OH is 2. The Bertz CT molecular complexity index is 359. The fraction of sp³-hybridized carbons (Fsp3) is 0.333. The van der Waals surface area contributed by atoms with Gasteiger partial charge in [0.15, 0.2) is 6.29 Å². The molecule has 0 aliphatic heterocycles. The van der Waals surface area contributed by atoms with Gasteiger partial charge in [0, 0.05) is 4.88 Å². The Labute approximate surface area is 89.6 Å². The Hall–Kier alpha value is -1.24. The summed E-state index contributed by atoms with van der Waals surface area (Å²) in [4.78, 5) is 21.4. The van der Waals surface area contributed by atoms with Crippen molar-refractivity contribution in [3.05, 3.63) is 21.9 Å². The van der Waals surface area contributed by atoms with E-state index in [1.807, 2.05) is 0 Å². The zero-order chi connectivity index (χ0) is 11.4. The third-order valence-corrected chi connectivity index (χ3v) is 2.88. The van der Waals surface area contributed by atoms with Crippen LogP contribution in [0.4, 0.5) is 0 Å². The van der Waals surface area contributed by atoms with Crippen LogP contribution in [0.1, 0.15) is 27.1 Å². The number of aliphatic carboxylic acids is 1. The van der Waals surface area contributed by atoms with Gasteiger partial charge in [-0.25, -0.2) is 0 Å². The smallest absolute Gasteiger partial charge is 0.306 e. The summed E-state index contributed by atoms with van der Waals surface area (Å²) < 4.78 is 0. The van der Waals surface area contributed by atoms with Crippen LogP contribution in [0.25, 0.3) is 0 Å². The van der Waals surface area contributed by atoms with Gasteiger partial charge in [0.25, 0.3) is 0 Å². The largest absolute Gasteiger partial charge is 0.481 e. The van der Waals surface area contributed by atoms with Gasteiger partial charge in [0.2, 0.25) is 0 Å². The summed E-state index contributed by atoms with van der Waals surface area (Å²) in [5.74, 6) is -1.19. The molecule has 0 bridgehead atoms. The van der Waals surface area contributed by atoms with Gasteiger partial charge in [-0.3, -0.25) is 9.59 Å². The van der Waals surface area contributed by atoms with Gasteiger partial charge in [-0.2, -0.15) is 0 Å². The van der Waals surface area contributed by atoms with Gasteiger partial charge < -0.3 is 15.3 Å². The van der Waals surface area contributed by atoms with Crippen LogP contribution in [-0.2, 0) is 4.79 Å². The minimum atomic E-state index is -1.36. The summed E-state index contributed by atoms with van der Waals surface area (Å²) in [6.45, 7) is 0. The van der Waals surface area contributed by atoms with Gasteiger partial charge in [0.05, 0.1) is 17.4 Å². The van der Waals surface area contributed by atoms with E-state index < -0.39 is 24.6 Å². The lowest BCUT2D eigenvalue weighted by Crippen LogP contribution is -2.20. The summed E-state index contributed by atoms with van der Waals surface area (Å²) in [6, 6.07) is 2.99. The van der Waals surface area contributed by atoms with Crippen molar-refractivity contribution in [2.75, 3.05) is 0 Å². The molecule has 0 aliphatic rings. The van der Waals surface area contributed by atoms with E-state index in [1.165, 1.54) is 12.1 Å². The highest BCUT2D eigenvalue weighted by molar-refractivity contribution is 7.13. The standard InChI is InChI=1S/C9H10O5S/c10-4-5-1-2-7(15-5)9(14)6(11)3-8(12)13/h1-2,4,6,9,11,14H,3H2,(H,12,13). The molecule has 2 unspecified atom stereocenters. The molecule has 1 heterocycles. The second-order valence-electron chi connectivity index (χ2n) is 2.97. The van der Waals surface area contributed by atoms with Gasteiger partial charge in [0.1, 0.15) is 6.10 Å². The number of aliphatic hydroxyl groups is 2. The van der Waals surface area contributed by atoms with E-state index in [1.54, 1.807) is 0 Å². The molecule has 0 fully saturated rings. The van der Waals surface area contributed by atoms with Crippen LogP contribution in [0.3, 0.4) is 0 Å². The third kappa shape index (κ3) is 3.12. The number of aldehydes is 1. The summed E-state index contributed by atoms with van der Waals surface area (Å²) in [7, 11) is 0. The molecule has 0 amide bonds. The van der Waals surface area contributed by atoms with Crippen molar-refractivity contribution in [2.24, 2.45) is 0 Å². The average molecular weight is 230 g/mol. The lowest BCUT2D eigenvalue weighted by Gasteiger charge is -2.13. The number of thiophene rings is 1. The van der Waals surface area contributed by atoms with E-state index in [0.29, 0.717) is 16.0 Å². The molecule has 0 spiro atoms. The van der Waals surface area contributed by atoms with E-state index in [-0.39, 0.29) is 0 Å². The molecule has 2 atom stereocenters. The maximum Gasteiger partial charge on any atom is 0.306 e. The zero-order valence-electron chi connectivity index (χ0n) is 7.66. The highest BCUT2D eigenvalue weighted by atomic mass is 32.1. The molecular weight excluding hydrogens is 220 g/mol. The lowest BCUT2D eigenvalue weighted by atomic mass is 10.1. The number of carbonyl (C=O) groups is 2. The van der Waals surface area contributed by atoms with Crippen LogP contribution in [0.5, 0.6) is 0 Å². The summed E-state index contributed by atoms with van der Waals surface area (Å²) in [5.41, 5.74) is 0. The average Bonchev–Trinajstić information content (AvgIpc) is 2.63. The molecule has 1 aromatic rings. The van der Waals surface area contributed by atoms with Crippen LogP contribution >= 0.6 is 11.3 Å². The van der Waals surface area contributed by atoms with Crippen LogP contribution in [0, 0.1) is 0 Å². The van der Waals surface area contributed by atoms with Crippen LogP contribution in [0.15, 0.2) is 12.1 Å². The molecule has 0 saturated carbocycles. The van der Waals surface area contributed by atoms with Crippen molar-refractivity contribution in [2.45, 2.75) is 18.6 Å². The molecule has 0 radical (unpaired) electrons. The third-order valence-electron chi connectivity index (χ3n) is 1.80. The number of carboxylic acid groups (broad SMARTS) is 1. The highest BCUT2D eigenvalue weighted by Gasteiger charge is 2.22. The Kier molecular flexibility index (Phi) is 3.96. The first kappa shape index (κ1) is 11.8. The van der Waals surface area contributed by atoms with E-state index in [4.69, 9.17) is 5.11 Å². The number of hydrogen-bond acceptors (Lipinski definition) is 5. The minimum absolute atomic E-state index is 0.380. The summed E-state index contributed by atoms with van der Waals surface area (Å²) in [5, 5.41) is 27.2. The number of carbonyl (C=O) groups excluding carboxylic acids is 1. The molecule has 5 nitrogen and oxygen atoms in total. The van der Waals surface area contributed by atoms with Gasteiger partial charge in [-0.1, -0.05) is 0 Å². The molecule has 15 heavy (non-hydrogen) atoms. The first-order chi connectivity index (χ1) is 7.04. The van der Waals surface area contributed by atoms with Crippen molar-refractivity contribution in [3.8, 4) is 0 Å². The first-order valence-electron chi connectivity index (χ1n) is 4.17. The molecule has 0 aromatic carbocycles. The zero-order valence-corrected chi connectivity index (χ0v) is 8.48. The Morgan fingerprint density at radius 2 is 2.13 bits per heavy atom. The molecule has 82 valence electrons. The van der Waals surface area contributed by atoms with Crippen LogP contribution < -0.4 is 0 Å². The normalized spacial score (nSPS) is 14.5. The van der Waals surface area contributed by atoms with E-state index in [2.05, 4.69) is 0 Å². The molecule has 6 heteroatoms. The Morgan fingerprint density at radius 3 is 2.60 bits per heavy atom. The van der Waals surface area contributed by atoms with E-state index in [9.17, 15) is 19.8 Å². The topological polar surface area (TPSA) is 94.8 Å². The second kappa shape index (κ2) is 5.01. The monoisotopic (exact) mass is 230 g/mol. The van der Waals surface area contributed by atoms with Crippen molar-refractivity contribution in [1.29, 1.82) is 0 Å². The van der Waals surface area contributed by atoms with Gasteiger partial charge >= 0.3 is 5.97 Å². The minimum Gasteiger partial charge on any atom is -0.481 e. The number of rotatable bonds is 5. The lowest BCUT2D eigenvalue weighted by molar-refractivity contribution is -0.141. The SMILES string of the molecule is O=Cc1ccc(C(O)C(O)CC(=O)O)s1. The molecule has 3 N–H and O–H groups in total. The van der Waals surface area contributed by atoms with Crippen molar-refractivity contribution in [1.82, 2.24) is 0 Å². The summed E-state index contributed by atoms with van der Waals surface area (Å²) >= 11 is 1.03. The van der Waals surface area contributed by atoms with Gasteiger partial charge in [-0.05, 0) is 12.1 Å². The van der Waals surface area contributed by atoms with Crippen LogP contribution in [0.2, 0.25) is 0 Å². The van der Waals surface area contributed by atoms with E-state index >= 15 is 0 Å². The quantitative estimate of drug-likeness (QED) is 0.637. The van der Waals surface area contributed by atoms with Crippen LogP contribution in [-0.4, -0.2) is 33.7 Å². The molecule has 0 saturated heterocycles. The Balaban J connectivity index is 2.70. The fourth-order valence-electron chi connectivity index (χ4n) is 1.07. The van der Waals surface area contributed by atoms with Crippen molar-refractivity contribution < 1.29 is 24.9 Å². The van der Waals surface area contributed by atoms with Gasteiger partial charge in [-0.15, -0.1) is 11.3 Å². The second-order valence-corrected chi connectivity index (χ2v) is 4.11. The molecule has 1 aromatic heterocycles. The first-order valence-corrected chi connectivity index (χ1v) is 4.99. The van der Waals surface area contributed by atoms with E-state index in [0.717, 1.165) is 11.3 Å². The fourth-order valence-corrected chi connectivity index (χ4v) is 1.94. The highest BCUT2D eigenvalue weighted by Crippen LogP contribution is 2.25. The molecule has 1 rings (SSSR count). The van der Waals surface area contributed by atoms with Crippen molar-refractivity contribution >= 4 is 23.6 Å².